The van der Waals surface area contributed by atoms with Gasteiger partial charge in [0.1, 0.15) is 0 Å². The molecule has 2 aromatic carbocycles. The molecule has 1 unspecified atom stereocenters. The Bertz CT molecular complexity index is 772. The van der Waals surface area contributed by atoms with Crippen LogP contribution >= 0.6 is 0 Å². The molecule has 2 heteroatoms. The number of fused-ring (bicyclic) bond motifs is 1. The van der Waals surface area contributed by atoms with E-state index in [1.807, 2.05) is 13.2 Å². The van der Waals surface area contributed by atoms with Crippen LogP contribution in [-0.4, -0.2) is 12.0 Å². The zero-order valence-electron chi connectivity index (χ0n) is 12.7. The molecule has 0 amide bonds. The molecule has 0 saturated heterocycles. The molecule has 0 bridgehead atoms. The molecule has 0 fully saturated rings. The summed E-state index contributed by atoms with van der Waals surface area (Å²) >= 11 is 0. The molecule has 1 atom stereocenters. The number of nitrogens with one attached hydrogen (secondary N) is 1. The Balaban J connectivity index is 2.16. The maximum Gasteiger partial charge on any atom is 0.0755 e. The molecule has 1 aromatic heterocycles. The number of benzene rings is 2. The number of nitrogens with zero attached hydrogens (tertiary/aromatic N) is 1. The molecule has 0 spiro atoms. The summed E-state index contributed by atoms with van der Waals surface area (Å²) in [5.74, 6) is 0. The second-order valence-electron chi connectivity index (χ2n) is 5.48. The second kappa shape index (κ2) is 5.66. The fraction of sp³-hybridized carbons (Fsp3) is 0.211. The summed E-state index contributed by atoms with van der Waals surface area (Å²) in [4.78, 5) is 4.64. The van der Waals surface area contributed by atoms with Gasteiger partial charge in [0, 0.05) is 11.6 Å². The molecule has 2 nitrogen and oxygen atoms in total. The average Bonchev–Trinajstić information content (AvgIpc) is 2.52. The van der Waals surface area contributed by atoms with Gasteiger partial charge in [0.05, 0.1) is 11.7 Å². The summed E-state index contributed by atoms with van der Waals surface area (Å²) in [5.41, 5.74) is 4.97. The molecule has 1 N–H and O–H groups in total. The SMILES string of the molecule is CNC(c1ccc(C)c(C)c1)c1nccc2ccccc12. The van der Waals surface area contributed by atoms with Crippen molar-refractivity contribution in [2.75, 3.05) is 7.05 Å². The third-order valence-electron chi connectivity index (χ3n) is 4.13. The van der Waals surface area contributed by atoms with Gasteiger partial charge in [-0.25, -0.2) is 0 Å². The van der Waals surface area contributed by atoms with Gasteiger partial charge in [-0.3, -0.25) is 4.98 Å². The number of hydrogen-bond donors (Lipinski definition) is 1. The topological polar surface area (TPSA) is 24.9 Å². The van der Waals surface area contributed by atoms with E-state index in [1.54, 1.807) is 0 Å². The first-order valence-corrected chi connectivity index (χ1v) is 7.29. The third-order valence-corrected chi connectivity index (χ3v) is 4.13. The van der Waals surface area contributed by atoms with E-state index >= 15 is 0 Å². The Kier molecular flexibility index (Phi) is 3.72. The average molecular weight is 276 g/mol. The Labute approximate surface area is 125 Å². The van der Waals surface area contributed by atoms with Crippen LogP contribution in [0.4, 0.5) is 0 Å². The summed E-state index contributed by atoms with van der Waals surface area (Å²) in [6.45, 7) is 4.30. The molecular weight excluding hydrogens is 256 g/mol. The smallest absolute Gasteiger partial charge is 0.0755 e. The number of pyridine rings is 1. The van der Waals surface area contributed by atoms with Crippen LogP contribution in [0.25, 0.3) is 10.8 Å². The molecule has 1 heterocycles. The van der Waals surface area contributed by atoms with Crippen molar-refractivity contribution in [3.8, 4) is 0 Å². The highest BCUT2D eigenvalue weighted by atomic mass is 14.9. The van der Waals surface area contributed by atoms with Crippen LogP contribution in [0, 0.1) is 13.8 Å². The quantitative estimate of drug-likeness (QED) is 0.777. The summed E-state index contributed by atoms with van der Waals surface area (Å²) in [5, 5.41) is 5.85. The highest BCUT2D eigenvalue weighted by molar-refractivity contribution is 5.85. The maximum absolute atomic E-state index is 4.64. The minimum absolute atomic E-state index is 0.107. The van der Waals surface area contributed by atoms with Gasteiger partial charge in [0.2, 0.25) is 0 Å². The molecular formula is C19H20N2. The van der Waals surface area contributed by atoms with Crippen molar-refractivity contribution in [3.63, 3.8) is 0 Å². The number of aromatic nitrogens is 1. The minimum Gasteiger partial charge on any atom is -0.308 e. The molecule has 0 radical (unpaired) electrons. The first-order chi connectivity index (χ1) is 10.2. The zero-order valence-corrected chi connectivity index (χ0v) is 12.7. The molecule has 3 aromatic rings. The highest BCUT2D eigenvalue weighted by Crippen LogP contribution is 2.27. The maximum atomic E-state index is 4.64. The fourth-order valence-electron chi connectivity index (χ4n) is 2.78. The number of rotatable bonds is 3. The van der Waals surface area contributed by atoms with Gasteiger partial charge in [-0.05, 0) is 49.0 Å². The van der Waals surface area contributed by atoms with E-state index in [4.69, 9.17) is 0 Å². The minimum atomic E-state index is 0.107. The van der Waals surface area contributed by atoms with E-state index in [9.17, 15) is 0 Å². The lowest BCUT2D eigenvalue weighted by Crippen LogP contribution is -2.19. The first-order valence-electron chi connectivity index (χ1n) is 7.29. The van der Waals surface area contributed by atoms with Gasteiger partial charge < -0.3 is 5.32 Å². The predicted octanol–water partition coefficient (Wildman–Crippen LogP) is 4.16. The van der Waals surface area contributed by atoms with E-state index in [0.717, 1.165) is 5.69 Å². The standard InChI is InChI=1S/C19H20N2/c1-13-8-9-16(12-14(13)2)18(20-3)19-17-7-5-4-6-15(17)10-11-21-19/h4-12,18,20H,1-3H3. The molecule has 21 heavy (non-hydrogen) atoms. The summed E-state index contributed by atoms with van der Waals surface area (Å²) in [6.07, 6.45) is 1.89. The fourth-order valence-corrected chi connectivity index (χ4v) is 2.78. The zero-order chi connectivity index (χ0) is 14.8. The highest BCUT2D eigenvalue weighted by Gasteiger charge is 2.16. The number of hydrogen-bond acceptors (Lipinski definition) is 2. The van der Waals surface area contributed by atoms with Gasteiger partial charge in [-0.15, -0.1) is 0 Å². The Morgan fingerprint density at radius 2 is 1.76 bits per heavy atom. The molecule has 0 aliphatic carbocycles. The van der Waals surface area contributed by atoms with Crippen molar-refractivity contribution in [1.82, 2.24) is 10.3 Å². The largest absolute Gasteiger partial charge is 0.308 e. The van der Waals surface area contributed by atoms with Crippen molar-refractivity contribution in [3.05, 3.63) is 77.1 Å². The van der Waals surface area contributed by atoms with Gasteiger partial charge >= 0.3 is 0 Å². The van der Waals surface area contributed by atoms with Crippen LogP contribution in [0.1, 0.15) is 28.4 Å². The van der Waals surface area contributed by atoms with Crippen molar-refractivity contribution in [1.29, 1.82) is 0 Å². The second-order valence-corrected chi connectivity index (χ2v) is 5.48. The van der Waals surface area contributed by atoms with Gasteiger partial charge in [-0.2, -0.15) is 0 Å². The lowest BCUT2D eigenvalue weighted by Gasteiger charge is -2.19. The lowest BCUT2D eigenvalue weighted by molar-refractivity contribution is 0.676. The van der Waals surface area contributed by atoms with E-state index in [-0.39, 0.29) is 6.04 Å². The Hall–Kier alpha value is -2.19. The molecule has 106 valence electrons. The van der Waals surface area contributed by atoms with Gasteiger partial charge in [0.15, 0.2) is 0 Å². The van der Waals surface area contributed by atoms with Gasteiger partial charge in [0.25, 0.3) is 0 Å². The monoisotopic (exact) mass is 276 g/mol. The number of aryl methyl sites for hydroxylation is 2. The summed E-state index contributed by atoms with van der Waals surface area (Å²) in [6, 6.07) is 17.2. The Morgan fingerprint density at radius 1 is 0.952 bits per heavy atom. The van der Waals surface area contributed by atoms with Crippen LogP contribution < -0.4 is 5.32 Å². The van der Waals surface area contributed by atoms with E-state index < -0.39 is 0 Å². The molecule has 0 saturated carbocycles. The lowest BCUT2D eigenvalue weighted by atomic mass is 9.96. The molecule has 0 aliphatic heterocycles. The van der Waals surface area contributed by atoms with Crippen molar-refractivity contribution in [2.24, 2.45) is 0 Å². The molecule has 3 rings (SSSR count). The van der Waals surface area contributed by atoms with Crippen LogP contribution in [0.15, 0.2) is 54.7 Å². The Morgan fingerprint density at radius 3 is 2.52 bits per heavy atom. The van der Waals surface area contributed by atoms with Crippen molar-refractivity contribution in [2.45, 2.75) is 19.9 Å². The van der Waals surface area contributed by atoms with E-state index in [2.05, 4.69) is 72.7 Å². The predicted molar refractivity (Wildman–Crippen MR) is 88.6 cm³/mol. The van der Waals surface area contributed by atoms with Gasteiger partial charge in [-0.1, -0.05) is 42.5 Å². The van der Waals surface area contributed by atoms with Crippen molar-refractivity contribution < 1.29 is 0 Å². The normalized spacial score (nSPS) is 12.5. The summed E-state index contributed by atoms with van der Waals surface area (Å²) < 4.78 is 0. The van der Waals surface area contributed by atoms with Crippen LogP contribution in [0.5, 0.6) is 0 Å². The van der Waals surface area contributed by atoms with Crippen LogP contribution in [-0.2, 0) is 0 Å². The van der Waals surface area contributed by atoms with Crippen LogP contribution in [0.3, 0.4) is 0 Å². The third kappa shape index (κ3) is 2.55. The van der Waals surface area contributed by atoms with Crippen LogP contribution in [0.2, 0.25) is 0 Å². The van der Waals surface area contributed by atoms with E-state index in [1.165, 1.54) is 27.5 Å². The van der Waals surface area contributed by atoms with Crippen molar-refractivity contribution >= 4 is 10.8 Å². The first kappa shape index (κ1) is 13.8. The van der Waals surface area contributed by atoms with E-state index in [0.29, 0.717) is 0 Å². The summed E-state index contributed by atoms with van der Waals surface area (Å²) in [7, 11) is 1.99. The molecule has 0 aliphatic rings.